The van der Waals surface area contributed by atoms with Crippen LogP contribution in [0.5, 0.6) is 0 Å². The van der Waals surface area contributed by atoms with Gasteiger partial charge in [-0.05, 0) is 6.92 Å². The van der Waals surface area contributed by atoms with Crippen molar-refractivity contribution < 1.29 is 23.6 Å². The van der Waals surface area contributed by atoms with Crippen LogP contribution in [0.3, 0.4) is 0 Å². The van der Waals surface area contributed by atoms with Crippen molar-refractivity contribution >= 4 is 18.6 Å². The van der Waals surface area contributed by atoms with Crippen LogP contribution in [0.1, 0.15) is 20.3 Å². The third-order valence-corrected chi connectivity index (χ3v) is 1.99. The van der Waals surface area contributed by atoms with E-state index in [2.05, 4.69) is 11.5 Å². The van der Waals surface area contributed by atoms with Gasteiger partial charge in [-0.15, -0.1) is 0 Å². The minimum absolute atomic E-state index is 0.0620. The monoisotopic (exact) mass is 216 g/mol. The summed E-state index contributed by atoms with van der Waals surface area (Å²) in [6, 6.07) is -0.636. The Morgan fingerprint density at radius 1 is 1.40 bits per heavy atom. The average Bonchev–Trinajstić information content (AvgIpc) is 2.26. The second kappa shape index (κ2) is 7.11. The van der Waals surface area contributed by atoms with E-state index in [1.165, 1.54) is 7.11 Å². The van der Waals surface area contributed by atoms with Gasteiger partial charge in [0.15, 0.2) is 6.61 Å². The van der Waals surface area contributed by atoms with Gasteiger partial charge in [0, 0.05) is 13.0 Å². The molecule has 5 nitrogen and oxygen atoms in total. The Morgan fingerprint density at radius 3 is 2.40 bits per heavy atom. The van der Waals surface area contributed by atoms with Crippen LogP contribution in [-0.2, 0) is 19.1 Å². The number of carbonyl (C=O) groups is 2. The predicted octanol–water partition coefficient (Wildman–Crippen LogP) is 0.214. The summed E-state index contributed by atoms with van der Waals surface area (Å²) >= 11 is 0. The second-order valence-corrected chi connectivity index (χ2v) is 2.95. The molecule has 0 heterocycles. The third kappa shape index (κ3) is 4.20. The molecule has 1 unspecified atom stereocenters. The Morgan fingerprint density at radius 2 is 2.00 bits per heavy atom. The summed E-state index contributed by atoms with van der Waals surface area (Å²) < 4.78 is 10.6. The van der Waals surface area contributed by atoms with Crippen molar-refractivity contribution in [2.24, 2.45) is 0 Å². The lowest BCUT2D eigenvalue weighted by Crippen LogP contribution is -2.39. The van der Waals surface area contributed by atoms with Gasteiger partial charge >= 0.3 is 11.9 Å². The minimum Gasteiger partial charge on any atom is -0.464 e. The topological polar surface area (TPSA) is 55.6 Å². The first-order valence-electron chi connectivity index (χ1n) is 4.86. The van der Waals surface area contributed by atoms with Crippen molar-refractivity contribution in [2.45, 2.75) is 26.3 Å². The molecule has 0 aromatic rings. The van der Waals surface area contributed by atoms with E-state index >= 15 is 0 Å². The molecule has 0 bridgehead atoms. The number of hydrogen-bond donors (Lipinski definition) is 0. The molecular formula is C10H18NO4+. The highest BCUT2D eigenvalue weighted by Crippen LogP contribution is 2.00. The van der Waals surface area contributed by atoms with Crippen LogP contribution in [0.25, 0.3) is 0 Å². The van der Waals surface area contributed by atoms with E-state index in [4.69, 9.17) is 4.74 Å². The Balaban J connectivity index is 4.38. The second-order valence-electron chi connectivity index (χ2n) is 2.95. The van der Waals surface area contributed by atoms with Gasteiger partial charge in [-0.2, -0.15) is 4.58 Å². The molecule has 0 saturated heterocycles. The molecular weight excluding hydrogens is 198 g/mol. The van der Waals surface area contributed by atoms with Gasteiger partial charge in [0.05, 0.1) is 7.11 Å². The maximum absolute atomic E-state index is 11.5. The standard InChI is InChI=1S/C10H18NO4/c1-5-8(10(13)14-4)11(3)9(12)7-15-6-2/h8H,3,5-7H2,1-2,4H3/q+1. The van der Waals surface area contributed by atoms with Crippen molar-refractivity contribution in [3.05, 3.63) is 0 Å². The highest BCUT2D eigenvalue weighted by Gasteiger charge is 2.32. The summed E-state index contributed by atoms with van der Waals surface area (Å²) in [6.45, 7) is 7.50. The van der Waals surface area contributed by atoms with E-state index in [1.54, 1.807) is 13.8 Å². The molecule has 0 rings (SSSR count). The van der Waals surface area contributed by atoms with Crippen molar-refractivity contribution in [2.75, 3.05) is 20.3 Å². The van der Waals surface area contributed by atoms with E-state index in [0.717, 1.165) is 4.58 Å². The molecule has 1 amide bonds. The smallest absolute Gasteiger partial charge is 0.412 e. The van der Waals surface area contributed by atoms with Crippen LogP contribution in [-0.4, -0.2) is 49.5 Å². The first-order chi connectivity index (χ1) is 7.08. The van der Waals surface area contributed by atoms with E-state index in [9.17, 15) is 9.59 Å². The summed E-state index contributed by atoms with van der Waals surface area (Å²) in [5.74, 6) is -0.786. The number of rotatable bonds is 6. The number of amides is 1. The van der Waals surface area contributed by atoms with Gasteiger partial charge in [-0.25, -0.2) is 9.59 Å². The number of methoxy groups -OCH3 is 1. The highest BCUT2D eigenvalue weighted by molar-refractivity contribution is 5.79. The van der Waals surface area contributed by atoms with Gasteiger partial charge in [0.25, 0.3) is 6.04 Å². The first kappa shape index (κ1) is 13.8. The van der Waals surface area contributed by atoms with E-state index in [1.807, 2.05) is 0 Å². The number of hydrogen-bond acceptors (Lipinski definition) is 4. The average molecular weight is 216 g/mol. The number of carbonyl (C=O) groups excluding carboxylic acids is 2. The van der Waals surface area contributed by atoms with Gasteiger partial charge in [0.2, 0.25) is 0 Å². The molecule has 0 N–H and O–H groups in total. The quantitative estimate of drug-likeness (QED) is 0.362. The molecule has 0 fully saturated rings. The summed E-state index contributed by atoms with van der Waals surface area (Å²) in [4.78, 5) is 22.7. The molecule has 0 saturated carbocycles. The van der Waals surface area contributed by atoms with Gasteiger partial charge < -0.3 is 9.47 Å². The molecule has 0 radical (unpaired) electrons. The number of nitrogens with zero attached hydrogens (tertiary/aromatic N) is 1. The normalized spacial score (nSPS) is 11.9. The lowest BCUT2D eigenvalue weighted by Gasteiger charge is -2.08. The molecule has 0 aromatic heterocycles. The fourth-order valence-electron chi connectivity index (χ4n) is 1.10. The van der Waals surface area contributed by atoms with E-state index in [-0.39, 0.29) is 12.5 Å². The highest BCUT2D eigenvalue weighted by atomic mass is 16.5. The molecule has 0 spiro atoms. The zero-order valence-electron chi connectivity index (χ0n) is 9.49. The molecule has 86 valence electrons. The van der Waals surface area contributed by atoms with Crippen LogP contribution in [0.15, 0.2) is 0 Å². The molecule has 1 atom stereocenters. The van der Waals surface area contributed by atoms with Gasteiger partial charge in [-0.1, -0.05) is 6.92 Å². The van der Waals surface area contributed by atoms with Crippen molar-refractivity contribution in [3.8, 4) is 0 Å². The number of ether oxygens (including phenoxy) is 2. The first-order valence-corrected chi connectivity index (χ1v) is 4.86. The lowest BCUT2D eigenvalue weighted by atomic mass is 10.2. The summed E-state index contributed by atoms with van der Waals surface area (Å²) in [5, 5.41) is 0. The predicted molar refractivity (Wildman–Crippen MR) is 55.0 cm³/mol. The molecule has 5 heteroatoms. The van der Waals surface area contributed by atoms with Crippen LogP contribution in [0, 0.1) is 0 Å². The SMILES string of the molecule is C=[N+](C(=O)COCC)C(CC)C(=O)OC. The molecule has 0 aliphatic rings. The lowest BCUT2D eigenvalue weighted by molar-refractivity contribution is -0.472. The third-order valence-electron chi connectivity index (χ3n) is 1.99. The number of esters is 1. The Labute approximate surface area is 89.7 Å². The molecule has 0 aliphatic carbocycles. The largest absolute Gasteiger partial charge is 0.464 e. The van der Waals surface area contributed by atoms with Crippen LogP contribution >= 0.6 is 0 Å². The maximum atomic E-state index is 11.5. The zero-order chi connectivity index (χ0) is 11.8. The Bertz CT molecular complexity index is 250. The Kier molecular flexibility index (Phi) is 6.53. The van der Waals surface area contributed by atoms with Crippen molar-refractivity contribution in [1.82, 2.24) is 0 Å². The summed E-state index contributed by atoms with van der Waals surface area (Å²) in [7, 11) is 1.28. The van der Waals surface area contributed by atoms with Gasteiger partial charge in [0.1, 0.15) is 6.72 Å². The van der Waals surface area contributed by atoms with Crippen LogP contribution in [0.2, 0.25) is 0 Å². The zero-order valence-corrected chi connectivity index (χ0v) is 9.49. The molecule has 0 aliphatic heterocycles. The fraction of sp³-hybridized carbons (Fsp3) is 0.700. The molecule has 0 aromatic carbocycles. The Hall–Kier alpha value is -1.23. The van der Waals surface area contributed by atoms with Crippen LogP contribution in [0.4, 0.5) is 0 Å². The van der Waals surface area contributed by atoms with Gasteiger partial charge in [-0.3, -0.25) is 0 Å². The van der Waals surface area contributed by atoms with Crippen molar-refractivity contribution in [1.29, 1.82) is 0 Å². The summed E-state index contributed by atoms with van der Waals surface area (Å²) in [6.07, 6.45) is 0.466. The maximum Gasteiger partial charge on any atom is 0.412 e. The minimum atomic E-state index is -0.636. The van der Waals surface area contributed by atoms with Crippen molar-refractivity contribution in [3.63, 3.8) is 0 Å². The van der Waals surface area contributed by atoms with Crippen LogP contribution < -0.4 is 0 Å². The summed E-state index contributed by atoms with van der Waals surface area (Å²) in [5.41, 5.74) is 0. The van der Waals surface area contributed by atoms with E-state index in [0.29, 0.717) is 13.0 Å². The molecule has 15 heavy (non-hydrogen) atoms. The fourth-order valence-corrected chi connectivity index (χ4v) is 1.10. The van der Waals surface area contributed by atoms with E-state index < -0.39 is 12.0 Å².